The average molecular weight is 399 g/mol. The first-order chi connectivity index (χ1) is 9.56. The quantitative estimate of drug-likeness (QED) is 0.466. The molecule has 0 aromatic heterocycles. The molecule has 1 N–H and O–H groups in total. The lowest BCUT2D eigenvalue weighted by Crippen LogP contribution is -1.93. The van der Waals surface area contributed by atoms with E-state index in [0.717, 1.165) is 10.2 Å². The van der Waals surface area contributed by atoms with E-state index in [-0.39, 0.29) is 5.69 Å². The average Bonchev–Trinajstić information content (AvgIpc) is 2.42. The van der Waals surface area contributed by atoms with Gasteiger partial charge in [-0.05, 0) is 46.3 Å². The molecular formula is C13H9Br2N3O2. The number of halogens is 2. The summed E-state index contributed by atoms with van der Waals surface area (Å²) in [4.78, 5) is 10.4. The molecule has 102 valence electrons. The Balaban J connectivity index is 2.10. The maximum atomic E-state index is 10.8. The summed E-state index contributed by atoms with van der Waals surface area (Å²) in [6.45, 7) is 0. The zero-order valence-electron chi connectivity index (χ0n) is 10.1. The smallest absolute Gasteiger partial charge is 0.279 e. The normalized spacial score (nSPS) is 10.7. The van der Waals surface area contributed by atoms with Crippen molar-refractivity contribution >= 4 is 49.4 Å². The summed E-state index contributed by atoms with van der Waals surface area (Å²) in [7, 11) is 0. The molecule has 5 nitrogen and oxygen atoms in total. The van der Waals surface area contributed by atoms with Gasteiger partial charge >= 0.3 is 0 Å². The zero-order valence-corrected chi connectivity index (χ0v) is 13.3. The van der Waals surface area contributed by atoms with Crippen LogP contribution >= 0.6 is 31.9 Å². The van der Waals surface area contributed by atoms with Crippen molar-refractivity contribution in [1.82, 2.24) is 0 Å². The van der Waals surface area contributed by atoms with Crippen molar-refractivity contribution in [3.8, 4) is 0 Å². The summed E-state index contributed by atoms with van der Waals surface area (Å²) in [6.07, 6.45) is 1.53. The van der Waals surface area contributed by atoms with Crippen LogP contribution in [0.4, 0.5) is 11.4 Å². The van der Waals surface area contributed by atoms with E-state index in [4.69, 9.17) is 0 Å². The lowest BCUT2D eigenvalue weighted by Gasteiger charge is -2.00. The lowest BCUT2D eigenvalue weighted by molar-refractivity contribution is -0.385. The van der Waals surface area contributed by atoms with Gasteiger partial charge in [-0.15, -0.1) is 0 Å². The highest BCUT2D eigenvalue weighted by Crippen LogP contribution is 2.25. The summed E-state index contributed by atoms with van der Waals surface area (Å²) in [5.74, 6) is 0. The molecule has 0 fully saturated rings. The number of nitro groups is 1. The number of hydrogen-bond donors (Lipinski definition) is 1. The Hall–Kier alpha value is -1.73. The molecule has 0 aliphatic rings. The van der Waals surface area contributed by atoms with Crippen LogP contribution in [0.15, 0.2) is 56.5 Å². The van der Waals surface area contributed by atoms with Gasteiger partial charge in [-0.25, -0.2) is 0 Å². The van der Waals surface area contributed by atoms with Crippen molar-refractivity contribution in [3.05, 3.63) is 67.1 Å². The number of anilines is 1. The Bertz CT molecular complexity index is 657. The molecule has 0 radical (unpaired) electrons. The van der Waals surface area contributed by atoms with Crippen LogP contribution in [-0.4, -0.2) is 11.1 Å². The van der Waals surface area contributed by atoms with Crippen LogP contribution in [0.2, 0.25) is 0 Å². The standard InChI is InChI=1S/C13H9Br2N3O2/c14-10-2-4-11(5-3-10)17-16-8-9-1-6-12(15)13(7-9)18(19)20/h1-8,17H/b16-8+. The van der Waals surface area contributed by atoms with Gasteiger partial charge in [0.1, 0.15) is 0 Å². The van der Waals surface area contributed by atoms with E-state index in [1.165, 1.54) is 12.3 Å². The Morgan fingerprint density at radius 2 is 1.85 bits per heavy atom. The Morgan fingerprint density at radius 3 is 2.50 bits per heavy atom. The van der Waals surface area contributed by atoms with Gasteiger partial charge in [0.05, 0.1) is 21.3 Å². The molecule has 2 rings (SSSR count). The summed E-state index contributed by atoms with van der Waals surface area (Å²) in [5.41, 5.74) is 4.34. The second-order valence-electron chi connectivity index (χ2n) is 3.84. The molecule has 0 amide bonds. The first kappa shape index (κ1) is 14.7. The van der Waals surface area contributed by atoms with E-state index < -0.39 is 4.92 Å². The van der Waals surface area contributed by atoms with Crippen molar-refractivity contribution in [2.24, 2.45) is 5.10 Å². The fourth-order valence-electron chi connectivity index (χ4n) is 1.46. The monoisotopic (exact) mass is 397 g/mol. The molecule has 0 saturated heterocycles. The predicted octanol–water partition coefficient (Wildman–Crippen LogP) is 4.57. The van der Waals surface area contributed by atoms with Crippen molar-refractivity contribution in [1.29, 1.82) is 0 Å². The fraction of sp³-hybridized carbons (Fsp3) is 0. The molecule has 0 aliphatic heterocycles. The zero-order chi connectivity index (χ0) is 14.5. The minimum absolute atomic E-state index is 0.0117. The summed E-state index contributed by atoms with van der Waals surface area (Å²) < 4.78 is 1.43. The molecule has 0 bridgehead atoms. The number of benzene rings is 2. The Kier molecular flexibility index (Phi) is 4.86. The third-order valence-electron chi connectivity index (χ3n) is 2.42. The summed E-state index contributed by atoms with van der Waals surface area (Å²) in [5, 5.41) is 14.9. The second-order valence-corrected chi connectivity index (χ2v) is 5.61. The highest BCUT2D eigenvalue weighted by molar-refractivity contribution is 9.10. The minimum Gasteiger partial charge on any atom is -0.279 e. The van der Waals surface area contributed by atoms with Gasteiger partial charge in [0, 0.05) is 16.1 Å². The second kappa shape index (κ2) is 6.62. The maximum Gasteiger partial charge on any atom is 0.284 e. The molecule has 2 aromatic rings. The molecule has 0 aliphatic carbocycles. The van der Waals surface area contributed by atoms with Crippen molar-refractivity contribution < 1.29 is 4.92 Å². The van der Waals surface area contributed by atoms with E-state index in [2.05, 4.69) is 42.4 Å². The summed E-state index contributed by atoms with van der Waals surface area (Å²) in [6, 6.07) is 12.3. The number of hydrazone groups is 1. The first-order valence-electron chi connectivity index (χ1n) is 5.55. The minimum atomic E-state index is -0.441. The summed E-state index contributed by atoms with van der Waals surface area (Å²) >= 11 is 6.48. The predicted molar refractivity (Wildman–Crippen MR) is 86.2 cm³/mol. The van der Waals surface area contributed by atoms with E-state index >= 15 is 0 Å². The van der Waals surface area contributed by atoms with Gasteiger partial charge in [0.25, 0.3) is 5.69 Å². The third-order valence-corrected chi connectivity index (χ3v) is 3.62. The van der Waals surface area contributed by atoms with Crippen LogP contribution in [0.25, 0.3) is 0 Å². The van der Waals surface area contributed by atoms with E-state index in [1.807, 2.05) is 24.3 Å². The lowest BCUT2D eigenvalue weighted by atomic mass is 10.2. The van der Waals surface area contributed by atoms with Crippen LogP contribution in [-0.2, 0) is 0 Å². The van der Waals surface area contributed by atoms with E-state index in [9.17, 15) is 10.1 Å². The molecule has 0 saturated carbocycles. The van der Waals surface area contributed by atoms with Gasteiger partial charge in [-0.1, -0.05) is 22.0 Å². The van der Waals surface area contributed by atoms with Crippen LogP contribution in [0.5, 0.6) is 0 Å². The van der Waals surface area contributed by atoms with Crippen LogP contribution in [0.1, 0.15) is 5.56 Å². The third kappa shape index (κ3) is 3.88. The highest BCUT2D eigenvalue weighted by atomic mass is 79.9. The number of hydrogen-bond acceptors (Lipinski definition) is 4. The van der Waals surface area contributed by atoms with Gasteiger partial charge in [0.2, 0.25) is 0 Å². The SMILES string of the molecule is O=[N+]([O-])c1cc(/C=N/Nc2ccc(Br)cc2)ccc1Br. The van der Waals surface area contributed by atoms with Crippen molar-refractivity contribution in [2.75, 3.05) is 5.43 Å². The number of nitrogens with zero attached hydrogens (tertiary/aromatic N) is 2. The molecule has 0 unspecified atom stereocenters. The molecule has 20 heavy (non-hydrogen) atoms. The Labute approximate surface area is 132 Å². The topological polar surface area (TPSA) is 67.5 Å². The molecule has 0 heterocycles. The van der Waals surface area contributed by atoms with Gasteiger partial charge in [-0.2, -0.15) is 5.10 Å². The molecule has 0 spiro atoms. The molecular weight excluding hydrogens is 390 g/mol. The number of nitro benzene ring substituents is 1. The van der Waals surface area contributed by atoms with Crippen LogP contribution < -0.4 is 5.43 Å². The van der Waals surface area contributed by atoms with Gasteiger partial charge in [0.15, 0.2) is 0 Å². The largest absolute Gasteiger partial charge is 0.284 e. The van der Waals surface area contributed by atoms with E-state index in [0.29, 0.717) is 10.0 Å². The Morgan fingerprint density at radius 1 is 1.15 bits per heavy atom. The molecule has 0 atom stereocenters. The van der Waals surface area contributed by atoms with Gasteiger partial charge in [-0.3, -0.25) is 15.5 Å². The van der Waals surface area contributed by atoms with E-state index in [1.54, 1.807) is 12.1 Å². The highest BCUT2D eigenvalue weighted by Gasteiger charge is 2.11. The van der Waals surface area contributed by atoms with Crippen LogP contribution in [0.3, 0.4) is 0 Å². The van der Waals surface area contributed by atoms with Crippen molar-refractivity contribution in [2.45, 2.75) is 0 Å². The van der Waals surface area contributed by atoms with Crippen LogP contribution in [0, 0.1) is 10.1 Å². The first-order valence-corrected chi connectivity index (χ1v) is 7.13. The van der Waals surface area contributed by atoms with Gasteiger partial charge < -0.3 is 0 Å². The number of rotatable bonds is 4. The maximum absolute atomic E-state index is 10.8. The molecule has 2 aromatic carbocycles. The van der Waals surface area contributed by atoms with Crippen molar-refractivity contribution in [3.63, 3.8) is 0 Å². The fourth-order valence-corrected chi connectivity index (χ4v) is 2.11. The molecule has 7 heteroatoms. The number of nitrogens with one attached hydrogen (secondary N) is 1.